The number of rotatable bonds is 0. The Balaban J connectivity index is 2.50. The van der Waals surface area contributed by atoms with Crippen LogP contribution in [0.4, 0.5) is 0 Å². The van der Waals surface area contributed by atoms with Crippen LogP contribution in [0.5, 0.6) is 0 Å². The third-order valence-electron chi connectivity index (χ3n) is 1.79. The summed E-state index contributed by atoms with van der Waals surface area (Å²) in [5, 5.41) is 8.01. The van der Waals surface area contributed by atoms with Gasteiger partial charge in [0, 0.05) is 12.1 Å². The van der Waals surface area contributed by atoms with E-state index >= 15 is 0 Å². The second kappa shape index (κ2) is 3.51. The number of hydrogen-bond acceptors (Lipinski definition) is 2. The first-order valence-electron chi connectivity index (χ1n) is 4.58. The van der Waals surface area contributed by atoms with Gasteiger partial charge in [-0.15, -0.1) is 10.2 Å². The Morgan fingerprint density at radius 1 is 1.29 bits per heavy atom. The molecule has 0 bridgehead atoms. The molecule has 0 N–H and O–H groups in total. The summed E-state index contributed by atoms with van der Waals surface area (Å²) < 4.78 is 1.88. The summed E-state index contributed by atoms with van der Waals surface area (Å²) in [4.78, 5) is 0. The molecule has 0 spiro atoms. The topological polar surface area (TPSA) is 30.2 Å². The van der Waals surface area contributed by atoms with E-state index < -0.39 is 0 Å². The average Bonchev–Trinajstić information content (AvgIpc) is 2.58. The van der Waals surface area contributed by atoms with E-state index in [-0.39, 0.29) is 0 Å². The summed E-state index contributed by atoms with van der Waals surface area (Å²) in [5.74, 6) is 7.13. The highest BCUT2D eigenvalue weighted by atomic mass is 15.2. The molecular weight excluding hydrogens is 174 g/mol. The molecule has 0 fully saturated rings. The molecule has 0 aliphatic rings. The Kier molecular flexibility index (Phi) is 2.19. The van der Waals surface area contributed by atoms with Crippen molar-refractivity contribution in [2.45, 2.75) is 13.8 Å². The SMILES string of the molecule is CC(C)C#Cc1nnc2ccccn12. The summed E-state index contributed by atoms with van der Waals surface area (Å²) in [5.41, 5.74) is 0.834. The van der Waals surface area contributed by atoms with E-state index in [1.807, 2.05) is 28.8 Å². The van der Waals surface area contributed by atoms with Crippen LogP contribution in [0.15, 0.2) is 24.4 Å². The second-order valence-corrected chi connectivity index (χ2v) is 3.38. The first-order chi connectivity index (χ1) is 6.77. The van der Waals surface area contributed by atoms with Gasteiger partial charge in [0.05, 0.1) is 0 Å². The lowest BCUT2D eigenvalue weighted by Gasteiger charge is -1.91. The van der Waals surface area contributed by atoms with Gasteiger partial charge in [-0.05, 0) is 18.1 Å². The lowest BCUT2D eigenvalue weighted by Crippen LogP contribution is -1.88. The fraction of sp³-hybridized carbons (Fsp3) is 0.273. The molecular formula is C11H11N3. The van der Waals surface area contributed by atoms with Crippen LogP contribution in [0.2, 0.25) is 0 Å². The maximum absolute atomic E-state index is 4.01. The molecule has 0 amide bonds. The zero-order valence-corrected chi connectivity index (χ0v) is 8.23. The van der Waals surface area contributed by atoms with Gasteiger partial charge in [0.25, 0.3) is 0 Å². The van der Waals surface area contributed by atoms with Crippen molar-refractivity contribution in [2.24, 2.45) is 5.92 Å². The second-order valence-electron chi connectivity index (χ2n) is 3.38. The average molecular weight is 185 g/mol. The van der Waals surface area contributed by atoms with Gasteiger partial charge < -0.3 is 0 Å². The van der Waals surface area contributed by atoms with Crippen molar-refractivity contribution in [2.75, 3.05) is 0 Å². The van der Waals surface area contributed by atoms with Crippen LogP contribution in [-0.4, -0.2) is 14.6 Å². The molecule has 2 aromatic rings. The molecule has 2 rings (SSSR count). The van der Waals surface area contributed by atoms with Crippen LogP contribution in [0, 0.1) is 17.8 Å². The third-order valence-corrected chi connectivity index (χ3v) is 1.79. The number of fused-ring (bicyclic) bond motifs is 1. The highest BCUT2D eigenvalue weighted by molar-refractivity contribution is 5.40. The fourth-order valence-corrected chi connectivity index (χ4v) is 1.14. The van der Waals surface area contributed by atoms with E-state index in [0.717, 1.165) is 5.65 Å². The maximum atomic E-state index is 4.01. The molecule has 70 valence electrons. The molecule has 0 saturated heterocycles. The molecule has 3 nitrogen and oxygen atoms in total. The first kappa shape index (κ1) is 8.76. The summed E-state index contributed by atoms with van der Waals surface area (Å²) >= 11 is 0. The molecule has 0 aliphatic heterocycles. The standard InChI is InChI=1S/C11H11N3/c1-9(2)6-7-11-13-12-10-5-3-4-8-14(10)11/h3-5,8-9H,1-2H3. The predicted octanol–water partition coefficient (Wildman–Crippen LogP) is 1.74. The quantitative estimate of drug-likeness (QED) is 0.585. The molecule has 14 heavy (non-hydrogen) atoms. The molecule has 2 aromatic heterocycles. The minimum atomic E-state index is 0.353. The number of pyridine rings is 1. The van der Waals surface area contributed by atoms with Crippen LogP contribution in [0.1, 0.15) is 19.7 Å². The minimum absolute atomic E-state index is 0.353. The third kappa shape index (κ3) is 1.60. The Morgan fingerprint density at radius 3 is 2.93 bits per heavy atom. The lowest BCUT2D eigenvalue weighted by molar-refractivity contribution is 0.865. The molecule has 0 radical (unpaired) electrons. The van der Waals surface area contributed by atoms with Gasteiger partial charge in [0.15, 0.2) is 5.65 Å². The predicted molar refractivity (Wildman–Crippen MR) is 54.7 cm³/mol. The van der Waals surface area contributed by atoms with Crippen molar-refractivity contribution in [3.8, 4) is 11.8 Å². The van der Waals surface area contributed by atoms with Crippen molar-refractivity contribution in [3.05, 3.63) is 30.2 Å². The molecule has 0 aliphatic carbocycles. The monoisotopic (exact) mass is 185 g/mol. The smallest absolute Gasteiger partial charge is 0.212 e. The fourth-order valence-electron chi connectivity index (χ4n) is 1.14. The molecule has 0 saturated carbocycles. The van der Waals surface area contributed by atoms with E-state index in [4.69, 9.17) is 0 Å². The van der Waals surface area contributed by atoms with Gasteiger partial charge in [-0.25, -0.2) is 0 Å². The van der Waals surface area contributed by atoms with E-state index in [0.29, 0.717) is 11.7 Å². The van der Waals surface area contributed by atoms with Crippen LogP contribution in [0.25, 0.3) is 5.65 Å². The Hall–Kier alpha value is -1.82. The van der Waals surface area contributed by atoms with Crippen LogP contribution in [-0.2, 0) is 0 Å². The maximum Gasteiger partial charge on any atom is 0.212 e. The summed E-state index contributed by atoms with van der Waals surface area (Å²) in [6, 6.07) is 5.79. The molecule has 0 aromatic carbocycles. The zero-order chi connectivity index (χ0) is 9.97. The minimum Gasteiger partial charge on any atom is -0.276 e. The molecule has 0 atom stereocenters. The normalized spacial score (nSPS) is 10.2. The van der Waals surface area contributed by atoms with Crippen molar-refractivity contribution < 1.29 is 0 Å². The number of aromatic nitrogens is 3. The lowest BCUT2D eigenvalue weighted by atomic mass is 10.2. The Labute approximate surface area is 82.8 Å². The van der Waals surface area contributed by atoms with Crippen LogP contribution >= 0.6 is 0 Å². The molecule has 0 unspecified atom stereocenters. The van der Waals surface area contributed by atoms with E-state index in [1.165, 1.54) is 0 Å². The number of nitrogens with zero attached hydrogens (tertiary/aromatic N) is 3. The summed E-state index contributed by atoms with van der Waals surface area (Å²) in [6.07, 6.45) is 1.92. The Bertz CT molecular complexity index is 500. The van der Waals surface area contributed by atoms with E-state index in [1.54, 1.807) is 0 Å². The van der Waals surface area contributed by atoms with Gasteiger partial charge in [-0.1, -0.05) is 25.8 Å². The van der Waals surface area contributed by atoms with Gasteiger partial charge >= 0.3 is 0 Å². The van der Waals surface area contributed by atoms with Crippen molar-refractivity contribution in [1.29, 1.82) is 0 Å². The van der Waals surface area contributed by atoms with Crippen molar-refractivity contribution >= 4 is 5.65 Å². The molecule has 2 heterocycles. The van der Waals surface area contributed by atoms with Gasteiger partial charge in [0.1, 0.15) is 0 Å². The van der Waals surface area contributed by atoms with Gasteiger partial charge in [0.2, 0.25) is 5.82 Å². The van der Waals surface area contributed by atoms with Crippen LogP contribution < -0.4 is 0 Å². The van der Waals surface area contributed by atoms with Gasteiger partial charge in [-0.2, -0.15) is 0 Å². The van der Waals surface area contributed by atoms with E-state index in [9.17, 15) is 0 Å². The Morgan fingerprint density at radius 2 is 2.14 bits per heavy atom. The van der Waals surface area contributed by atoms with Gasteiger partial charge in [-0.3, -0.25) is 4.40 Å². The number of hydrogen-bond donors (Lipinski definition) is 0. The molecule has 3 heteroatoms. The zero-order valence-electron chi connectivity index (χ0n) is 8.23. The highest BCUT2D eigenvalue weighted by Crippen LogP contribution is 2.01. The van der Waals surface area contributed by atoms with Crippen molar-refractivity contribution in [3.63, 3.8) is 0 Å². The highest BCUT2D eigenvalue weighted by Gasteiger charge is 1.99. The van der Waals surface area contributed by atoms with Crippen LogP contribution in [0.3, 0.4) is 0 Å². The summed E-state index contributed by atoms with van der Waals surface area (Å²) in [7, 11) is 0. The van der Waals surface area contributed by atoms with Crippen molar-refractivity contribution in [1.82, 2.24) is 14.6 Å². The van der Waals surface area contributed by atoms with E-state index in [2.05, 4.69) is 35.9 Å². The first-order valence-corrected chi connectivity index (χ1v) is 4.58. The summed E-state index contributed by atoms with van der Waals surface area (Å²) in [6.45, 7) is 4.10. The largest absolute Gasteiger partial charge is 0.276 e.